The number of hydrogen-bond donors (Lipinski definition) is 0. The van der Waals surface area contributed by atoms with Crippen molar-refractivity contribution < 1.29 is 18.7 Å². The minimum atomic E-state index is -0.988. The first-order chi connectivity index (χ1) is 10.5. The summed E-state index contributed by atoms with van der Waals surface area (Å²) in [7, 11) is 0. The fraction of sp³-hybridized carbons (Fsp3) is 0.333. The number of likely N-dealkylation sites (tertiary alicyclic amines) is 1. The van der Waals surface area contributed by atoms with Crippen molar-refractivity contribution in [1.82, 2.24) is 4.90 Å². The van der Waals surface area contributed by atoms with Gasteiger partial charge in [0.05, 0.1) is 5.02 Å². The van der Waals surface area contributed by atoms with Crippen LogP contribution in [0.2, 0.25) is 10.0 Å². The van der Waals surface area contributed by atoms with Gasteiger partial charge in [0.25, 0.3) is 0 Å². The van der Waals surface area contributed by atoms with Gasteiger partial charge in [-0.15, -0.1) is 0 Å². The van der Waals surface area contributed by atoms with Crippen LogP contribution in [0.5, 0.6) is 0 Å². The van der Waals surface area contributed by atoms with Crippen LogP contribution in [0, 0.1) is 11.8 Å². The summed E-state index contributed by atoms with van der Waals surface area (Å²) in [6.07, 6.45) is -1.23. The van der Waals surface area contributed by atoms with Gasteiger partial charge < -0.3 is 9.64 Å². The van der Waals surface area contributed by atoms with E-state index in [0.717, 1.165) is 0 Å². The fourth-order valence-corrected chi connectivity index (χ4v) is 2.36. The van der Waals surface area contributed by atoms with Crippen molar-refractivity contribution in [2.24, 2.45) is 0 Å². The van der Waals surface area contributed by atoms with E-state index < -0.39 is 18.2 Å². The molecule has 0 aromatic heterocycles. The number of amides is 1. The summed E-state index contributed by atoms with van der Waals surface area (Å²) in [5.74, 6) is 3.70. The maximum atomic E-state index is 13.0. The second-order valence-electron chi connectivity index (χ2n) is 4.69. The molecular weight excluding hydrogens is 332 g/mol. The molecule has 1 aliphatic rings. The lowest BCUT2D eigenvalue weighted by Crippen LogP contribution is -2.40. The molecule has 2 rings (SSSR count). The van der Waals surface area contributed by atoms with Crippen LogP contribution in [0.25, 0.3) is 0 Å². The predicted octanol–water partition coefficient (Wildman–Crippen LogP) is 3.44. The summed E-state index contributed by atoms with van der Waals surface area (Å²) >= 11 is 11.6. The highest BCUT2D eigenvalue weighted by atomic mass is 35.5. The number of ether oxygens (including phenoxy) is 1. The molecule has 0 spiro atoms. The van der Waals surface area contributed by atoms with Crippen molar-refractivity contribution in [2.75, 3.05) is 13.1 Å². The molecule has 1 heterocycles. The summed E-state index contributed by atoms with van der Waals surface area (Å²) in [4.78, 5) is 24.5. The topological polar surface area (TPSA) is 46.6 Å². The molecule has 0 bridgehead atoms. The fourth-order valence-electron chi connectivity index (χ4n) is 1.91. The Bertz CT molecular complexity index is 646. The van der Waals surface area contributed by atoms with Gasteiger partial charge in [-0.3, -0.25) is 0 Å². The molecule has 1 aliphatic heterocycles. The molecule has 0 aliphatic carbocycles. The van der Waals surface area contributed by atoms with E-state index in [9.17, 15) is 14.0 Å². The van der Waals surface area contributed by atoms with Crippen LogP contribution in [0.4, 0.5) is 9.18 Å². The Labute approximate surface area is 137 Å². The highest BCUT2D eigenvalue weighted by Gasteiger charge is 2.24. The van der Waals surface area contributed by atoms with Crippen LogP contribution in [0.15, 0.2) is 18.2 Å². The van der Waals surface area contributed by atoms with Gasteiger partial charge in [0.15, 0.2) is 0 Å². The Morgan fingerprint density at radius 1 is 1.27 bits per heavy atom. The minimum Gasteiger partial charge on any atom is -0.366 e. The molecule has 116 valence electrons. The molecule has 22 heavy (non-hydrogen) atoms. The zero-order chi connectivity index (χ0) is 16.1. The third-order valence-electron chi connectivity index (χ3n) is 3.09. The molecule has 0 radical (unpaired) electrons. The lowest BCUT2D eigenvalue weighted by atomic mass is 10.1. The van der Waals surface area contributed by atoms with Gasteiger partial charge in [0.1, 0.15) is 6.17 Å². The predicted molar refractivity (Wildman–Crippen MR) is 80.5 cm³/mol. The monoisotopic (exact) mass is 343 g/mol. The lowest BCUT2D eigenvalue weighted by Gasteiger charge is -2.26. The molecule has 0 atom stereocenters. The smallest absolute Gasteiger partial charge is 0.366 e. The number of halogens is 3. The number of benzene rings is 1. The van der Waals surface area contributed by atoms with Crippen LogP contribution >= 0.6 is 23.2 Å². The molecule has 1 fully saturated rings. The van der Waals surface area contributed by atoms with E-state index in [0.29, 0.717) is 15.6 Å². The van der Waals surface area contributed by atoms with E-state index in [1.165, 1.54) is 11.0 Å². The first kappa shape index (κ1) is 16.6. The van der Waals surface area contributed by atoms with Gasteiger partial charge in [0, 0.05) is 29.6 Å². The summed E-state index contributed by atoms with van der Waals surface area (Å²) < 4.78 is 17.6. The third-order valence-corrected chi connectivity index (χ3v) is 3.64. The van der Waals surface area contributed by atoms with Gasteiger partial charge >= 0.3 is 12.1 Å². The summed E-state index contributed by atoms with van der Waals surface area (Å²) in [6, 6.07) is 4.62. The van der Waals surface area contributed by atoms with E-state index in [-0.39, 0.29) is 25.9 Å². The van der Waals surface area contributed by atoms with Gasteiger partial charge in [0.2, 0.25) is 0 Å². The number of esters is 1. The Hall–Kier alpha value is -1.77. The first-order valence-electron chi connectivity index (χ1n) is 6.57. The molecule has 4 nitrogen and oxygen atoms in total. The summed E-state index contributed by atoms with van der Waals surface area (Å²) in [5, 5.41) is 0.744. The Morgan fingerprint density at radius 2 is 1.95 bits per heavy atom. The Balaban J connectivity index is 1.93. The van der Waals surface area contributed by atoms with E-state index in [1.54, 1.807) is 12.1 Å². The Kier molecular flexibility index (Phi) is 5.64. The zero-order valence-corrected chi connectivity index (χ0v) is 13.0. The maximum absolute atomic E-state index is 13.0. The van der Waals surface area contributed by atoms with Crippen LogP contribution in [-0.4, -0.2) is 36.2 Å². The van der Waals surface area contributed by atoms with E-state index in [4.69, 9.17) is 23.2 Å². The van der Waals surface area contributed by atoms with Crippen LogP contribution in [0.1, 0.15) is 18.4 Å². The van der Waals surface area contributed by atoms with Crippen molar-refractivity contribution >= 4 is 35.3 Å². The van der Waals surface area contributed by atoms with Crippen LogP contribution in [0.3, 0.4) is 0 Å². The van der Waals surface area contributed by atoms with Gasteiger partial charge in [-0.2, -0.15) is 0 Å². The highest BCUT2D eigenvalue weighted by molar-refractivity contribution is 6.35. The molecule has 1 saturated heterocycles. The number of carbonyl (C=O) groups excluding carboxylic acids is 2. The molecule has 0 N–H and O–H groups in total. The minimum absolute atomic E-state index is 0.226. The normalized spacial score (nSPS) is 15.0. The van der Waals surface area contributed by atoms with Gasteiger partial charge in [-0.1, -0.05) is 29.1 Å². The second-order valence-corrected chi connectivity index (χ2v) is 5.53. The molecule has 1 aromatic rings. The zero-order valence-electron chi connectivity index (χ0n) is 11.4. The molecule has 1 aromatic carbocycles. The van der Waals surface area contributed by atoms with Crippen molar-refractivity contribution in [1.29, 1.82) is 0 Å². The average molecular weight is 344 g/mol. The van der Waals surface area contributed by atoms with Gasteiger partial charge in [-0.25, -0.2) is 14.0 Å². The number of nitrogens with zero attached hydrogens (tertiary/aromatic N) is 1. The number of piperidine rings is 1. The van der Waals surface area contributed by atoms with Crippen molar-refractivity contribution in [2.45, 2.75) is 19.0 Å². The number of rotatable bonds is 0. The van der Waals surface area contributed by atoms with Crippen LogP contribution < -0.4 is 0 Å². The highest BCUT2D eigenvalue weighted by Crippen LogP contribution is 2.20. The summed E-state index contributed by atoms with van der Waals surface area (Å²) in [5.41, 5.74) is 0.397. The quantitative estimate of drug-likeness (QED) is 0.411. The maximum Gasteiger partial charge on any atom is 0.418 e. The molecule has 0 unspecified atom stereocenters. The number of carbonyl (C=O) groups is 2. The van der Waals surface area contributed by atoms with E-state index in [1.807, 2.05) is 0 Å². The second kappa shape index (κ2) is 7.48. The van der Waals surface area contributed by atoms with E-state index >= 15 is 0 Å². The van der Waals surface area contributed by atoms with Crippen molar-refractivity contribution in [3.05, 3.63) is 33.8 Å². The largest absolute Gasteiger partial charge is 0.418 e. The molecular formula is C15H12Cl2FNO3. The first-order valence-corrected chi connectivity index (χ1v) is 7.33. The molecule has 7 heteroatoms. The van der Waals surface area contributed by atoms with Crippen molar-refractivity contribution in [3.63, 3.8) is 0 Å². The van der Waals surface area contributed by atoms with Crippen LogP contribution in [-0.2, 0) is 9.53 Å². The SMILES string of the molecule is O=C(C#Cc1ccc(Cl)cc1Cl)OC(=O)N1CCC(F)CC1. The summed E-state index contributed by atoms with van der Waals surface area (Å²) in [6.45, 7) is 0.452. The third kappa shape index (κ3) is 4.62. The molecule has 1 amide bonds. The molecule has 0 saturated carbocycles. The van der Waals surface area contributed by atoms with Gasteiger partial charge in [-0.05, 0) is 31.0 Å². The number of hydrogen-bond acceptors (Lipinski definition) is 3. The Morgan fingerprint density at radius 3 is 2.59 bits per heavy atom. The lowest BCUT2D eigenvalue weighted by molar-refractivity contribution is -0.131. The average Bonchev–Trinajstić information content (AvgIpc) is 2.47. The number of alkyl halides is 1. The standard InChI is InChI=1S/C15H12Cl2FNO3/c16-11-3-1-10(13(17)9-11)2-4-14(20)22-15(21)19-7-5-12(18)6-8-19/h1,3,9,12H,5-8H2. The van der Waals surface area contributed by atoms with Crippen molar-refractivity contribution in [3.8, 4) is 11.8 Å². The van der Waals surface area contributed by atoms with E-state index in [2.05, 4.69) is 16.6 Å².